The maximum absolute atomic E-state index is 13.8. The van der Waals surface area contributed by atoms with Crippen molar-refractivity contribution in [3.63, 3.8) is 0 Å². The van der Waals surface area contributed by atoms with Gasteiger partial charge in [0.25, 0.3) is 0 Å². The third kappa shape index (κ3) is 7.73. The summed E-state index contributed by atoms with van der Waals surface area (Å²) in [5.41, 5.74) is 4.60. The van der Waals surface area contributed by atoms with Crippen LogP contribution in [0, 0.1) is 5.92 Å². The van der Waals surface area contributed by atoms with Crippen molar-refractivity contribution in [2.24, 2.45) is 5.92 Å². The van der Waals surface area contributed by atoms with Gasteiger partial charge in [-0.15, -0.1) is 0 Å². The molecule has 0 saturated heterocycles. The van der Waals surface area contributed by atoms with Crippen molar-refractivity contribution >= 4 is 17.5 Å². The number of hydrogen-bond donors (Lipinski definition) is 3. The van der Waals surface area contributed by atoms with E-state index in [-0.39, 0.29) is 23.2 Å². The number of benzene rings is 1. The Balaban J connectivity index is 1.74. The van der Waals surface area contributed by atoms with Gasteiger partial charge in [0.2, 0.25) is 23.0 Å². The summed E-state index contributed by atoms with van der Waals surface area (Å²) in [6.45, 7) is 6.16. The molecular formula is C35H47N3O6. The first-order valence-corrected chi connectivity index (χ1v) is 15.7. The molecule has 2 aliphatic carbocycles. The number of hydrogen-bond acceptors (Lipinski definition) is 7. The molecule has 2 atom stereocenters. The van der Waals surface area contributed by atoms with Gasteiger partial charge in [0.05, 0.1) is 33.1 Å². The van der Waals surface area contributed by atoms with E-state index < -0.39 is 12.1 Å². The molecule has 0 unspecified atom stereocenters. The van der Waals surface area contributed by atoms with E-state index in [0.717, 1.165) is 36.0 Å². The van der Waals surface area contributed by atoms with Crippen molar-refractivity contribution in [2.45, 2.75) is 84.2 Å². The van der Waals surface area contributed by atoms with E-state index in [9.17, 15) is 14.4 Å². The highest BCUT2D eigenvalue weighted by atomic mass is 16.5. The molecule has 2 aromatic rings. The molecule has 2 amide bonds. The van der Waals surface area contributed by atoms with Gasteiger partial charge >= 0.3 is 0 Å². The summed E-state index contributed by atoms with van der Waals surface area (Å²) in [7, 11) is 4.70. The first kappa shape index (κ1) is 32.9. The summed E-state index contributed by atoms with van der Waals surface area (Å²) in [6, 6.07) is 6.10. The molecule has 2 aromatic carbocycles. The topological polar surface area (TPSA) is 115 Å². The van der Waals surface area contributed by atoms with Crippen molar-refractivity contribution in [2.75, 3.05) is 33.2 Å². The van der Waals surface area contributed by atoms with Gasteiger partial charge in [0, 0.05) is 19.0 Å². The lowest BCUT2D eigenvalue weighted by Crippen LogP contribution is -2.41. The molecule has 0 saturated carbocycles. The summed E-state index contributed by atoms with van der Waals surface area (Å²) < 4.78 is 17.2. The standard InChI is InChI=1S/C35H47N3O6/c1-21(2)18-29(35(41)36-17-16-23-10-8-7-9-11-23)38-28-15-13-25-26(20-30(28)40)27(37-22(3)39)14-12-24-19-31(42-4)33(43-5)34(44-6)32(24)25/h10,13,15,19-21,27,29H,7-9,11-12,14,16-18H2,1-6H3,(H,36,41)(H,37,39)(H,38,40)/t27-,29-/m1/s1. The molecule has 0 aliphatic heterocycles. The Labute approximate surface area is 260 Å². The molecule has 9 nitrogen and oxygen atoms in total. The van der Waals surface area contributed by atoms with Crippen LogP contribution in [0.1, 0.15) is 82.9 Å². The van der Waals surface area contributed by atoms with Crippen molar-refractivity contribution in [1.82, 2.24) is 10.6 Å². The molecule has 9 heteroatoms. The molecule has 0 radical (unpaired) electrons. The Bertz CT molecular complexity index is 1450. The SMILES string of the molecule is COc1cc2c(c(OC)c1OC)-c1ccc(N[C@H](CC(C)C)C(=O)NCCC3=CCCCC3)c(=O)cc1[C@H](NC(C)=O)CC2. The van der Waals surface area contributed by atoms with Gasteiger partial charge in [-0.1, -0.05) is 31.6 Å². The van der Waals surface area contributed by atoms with Gasteiger partial charge in [-0.25, -0.2) is 0 Å². The van der Waals surface area contributed by atoms with Gasteiger partial charge in [-0.3, -0.25) is 14.4 Å². The molecule has 238 valence electrons. The summed E-state index contributed by atoms with van der Waals surface area (Å²) in [5, 5.41) is 9.40. The minimum absolute atomic E-state index is 0.123. The van der Waals surface area contributed by atoms with Gasteiger partial charge in [0.1, 0.15) is 6.04 Å². The number of allylic oxidation sites excluding steroid dienone is 1. The Kier molecular flexibility index (Phi) is 11.3. The molecular weight excluding hydrogens is 558 g/mol. The van der Waals surface area contributed by atoms with Crippen LogP contribution in [0.5, 0.6) is 17.2 Å². The Morgan fingerprint density at radius 2 is 1.77 bits per heavy atom. The number of rotatable bonds is 12. The van der Waals surface area contributed by atoms with Crippen LogP contribution in [0.25, 0.3) is 11.1 Å². The highest BCUT2D eigenvalue weighted by molar-refractivity contribution is 5.86. The molecule has 0 heterocycles. The number of carbonyl (C=O) groups excluding carboxylic acids is 2. The smallest absolute Gasteiger partial charge is 0.242 e. The predicted octanol–water partition coefficient (Wildman–Crippen LogP) is 5.70. The van der Waals surface area contributed by atoms with Crippen molar-refractivity contribution in [3.05, 3.63) is 57.3 Å². The van der Waals surface area contributed by atoms with Crippen LogP contribution < -0.4 is 35.6 Å². The first-order chi connectivity index (χ1) is 21.2. The first-order valence-electron chi connectivity index (χ1n) is 15.7. The maximum atomic E-state index is 13.8. The minimum Gasteiger partial charge on any atom is -0.493 e. The van der Waals surface area contributed by atoms with Gasteiger partial charge in [-0.05, 0) is 92.2 Å². The number of carbonyl (C=O) groups is 2. The quantitative estimate of drug-likeness (QED) is 0.266. The molecule has 3 N–H and O–H groups in total. The van der Waals surface area contributed by atoms with Crippen LogP contribution in [0.3, 0.4) is 0 Å². The Morgan fingerprint density at radius 3 is 2.41 bits per heavy atom. The van der Waals surface area contributed by atoms with Crippen LogP contribution in [0.15, 0.2) is 40.7 Å². The molecule has 0 spiro atoms. The molecule has 0 bridgehead atoms. The summed E-state index contributed by atoms with van der Waals surface area (Å²) in [4.78, 5) is 39.4. The second-order valence-corrected chi connectivity index (χ2v) is 12.1. The van der Waals surface area contributed by atoms with E-state index in [0.29, 0.717) is 54.3 Å². The van der Waals surface area contributed by atoms with Crippen LogP contribution in [-0.2, 0) is 16.0 Å². The Morgan fingerprint density at radius 1 is 1.00 bits per heavy atom. The predicted molar refractivity (Wildman–Crippen MR) is 174 cm³/mol. The largest absolute Gasteiger partial charge is 0.493 e. The van der Waals surface area contributed by atoms with Crippen molar-refractivity contribution in [3.8, 4) is 28.4 Å². The van der Waals surface area contributed by atoms with Crippen molar-refractivity contribution < 1.29 is 23.8 Å². The summed E-state index contributed by atoms with van der Waals surface area (Å²) >= 11 is 0. The van der Waals surface area contributed by atoms with Gasteiger partial charge < -0.3 is 30.2 Å². The molecule has 2 aliphatic rings. The van der Waals surface area contributed by atoms with E-state index in [1.54, 1.807) is 33.5 Å². The number of methoxy groups -OCH3 is 3. The molecule has 44 heavy (non-hydrogen) atoms. The molecule has 0 fully saturated rings. The maximum Gasteiger partial charge on any atom is 0.242 e. The lowest BCUT2D eigenvalue weighted by molar-refractivity contribution is -0.122. The second kappa shape index (κ2) is 15.1. The fourth-order valence-electron chi connectivity index (χ4n) is 6.32. The number of aryl methyl sites for hydroxylation is 1. The number of nitrogens with one attached hydrogen (secondary N) is 3. The van der Waals surface area contributed by atoms with Crippen LogP contribution in [0.4, 0.5) is 5.69 Å². The fraction of sp³-hybridized carbons (Fsp3) is 0.514. The van der Waals surface area contributed by atoms with Crippen molar-refractivity contribution in [1.29, 1.82) is 0 Å². The van der Waals surface area contributed by atoms with E-state index in [1.165, 1.54) is 25.3 Å². The lowest BCUT2D eigenvalue weighted by Gasteiger charge is -2.21. The normalized spacial score (nSPS) is 16.4. The zero-order valence-electron chi connectivity index (χ0n) is 26.9. The van der Waals surface area contributed by atoms with E-state index >= 15 is 0 Å². The number of anilines is 1. The third-order valence-corrected chi connectivity index (χ3v) is 8.40. The van der Waals surface area contributed by atoms with Crippen LogP contribution in [-0.4, -0.2) is 45.7 Å². The highest BCUT2D eigenvalue weighted by Gasteiger charge is 2.30. The second-order valence-electron chi connectivity index (χ2n) is 12.1. The van der Waals surface area contributed by atoms with Crippen LogP contribution in [0.2, 0.25) is 0 Å². The van der Waals surface area contributed by atoms with Crippen LogP contribution >= 0.6 is 0 Å². The average Bonchev–Trinajstić information content (AvgIpc) is 3.24. The minimum atomic E-state index is -0.581. The number of fused-ring (bicyclic) bond motifs is 3. The zero-order valence-corrected chi connectivity index (χ0v) is 26.9. The zero-order chi connectivity index (χ0) is 31.8. The number of ether oxygens (including phenoxy) is 3. The van der Waals surface area contributed by atoms with E-state index in [4.69, 9.17) is 14.2 Å². The van der Waals surface area contributed by atoms with Gasteiger partial charge in [-0.2, -0.15) is 0 Å². The summed E-state index contributed by atoms with van der Waals surface area (Å²) in [6.07, 6.45) is 9.54. The number of amides is 2. The molecule has 0 aromatic heterocycles. The van der Waals surface area contributed by atoms with E-state index in [1.807, 2.05) is 12.1 Å². The monoisotopic (exact) mass is 605 g/mol. The fourth-order valence-corrected chi connectivity index (χ4v) is 6.32. The Hall–Kier alpha value is -4.01. The average molecular weight is 606 g/mol. The summed E-state index contributed by atoms with van der Waals surface area (Å²) in [5.74, 6) is 1.39. The van der Waals surface area contributed by atoms with Gasteiger partial charge in [0.15, 0.2) is 11.5 Å². The molecule has 4 rings (SSSR count). The highest BCUT2D eigenvalue weighted by Crippen LogP contribution is 2.50. The third-order valence-electron chi connectivity index (χ3n) is 8.40. The van der Waals surface area contributed by atoms with E-state index in [2.05, 4.69) is 35.9 Å². The lowest BCUT2D eigenvalue weighted by atomic mass is 9.95.